The Labute approximate surface area is 151 Å². The molecule has 3 rings (SSSR count). The van der Waals surface area contributed by atoms with Crippen LogP contribution in [0, 0.1) is 0 Å². The van der Waals surface area contributed by atoms with E-state index in [1.807, 2.05) is 22.4 Å². The van der Waals surface area contributed by atoms with Crippen LogP contribution in [0.2, 0.25) is 0 Å². The number of nitrogens with zero attached hydrogens (tertiary/aromatic N) is 3. The molecule has 1 fully saturated rings. The molecule has 1 N–H and O–H groups in total. The van der Waals surface area contributed by atoms with Gasteiger partial charge in [0.05, 0.1) is 27.6 Å². The van der Waals surface area contributed by atoms with Crippen LogP contribution in [0.4, 0.5) is 0 Å². The summed E-state index contributed by atoms with van der Waals surface area (Å²) in [5, 5.41) is 5.22. The second-order valence-corrected chi connectivity index (χ2v) is 10.2. The molecule has 1 aliphatic rings. The fraction of sp³-hybridized carbons (Fsp3) is 0.500. The summed E-state index contributed by atoms with van der Waals surface area (Å²) in [6, 6.07) is 3.92. The predicted octanol–water partition coefficient (Wildman–Crippen LogP) is 1.99. The number of nitrogens with one attached hydrogen (secondary N) is 1. The molecule has 0 atom stereocenters. The third-order valence-electron chi connectivity index (χ3n) is 4.27. The van der Waals surface area contributed by atoms with Gasteiger partial charge in [0.2, 0.25) is 5.89 Å². The van der Waals surface area contributed by atoms with Crippen molar-refractivity contribution in [1.82, 2.24) is 15.2 Å². The van der Waals surface area contributed by atoms with Crippen molar-refractivity contribution in [3.05, 3.63) is 29.5 Å². The van der Waals surface area contributed by atoms with Gasteiger partial charge in [-0.3, -0.25) is 4.99 Å². The maximum absolute atomic E-state index is 12.1. The van der Waals surface area contributed by atoms with Crippen LogP contribution in [0.3, 0.4) is 0 Å². The molecule has 0 aliphatic carbocycles. The van der Waals surface area contributed by atoms with Gasteiger partial charge in [-0.25, -0.2) is 13.4 Å². The van der Waals surface area contributed by atoms with E-state index in [2.05, 4.69) is 15.3 Å². The topological polar surface area (TPSA) is 87.8 Å². The van der Waals surface area contributed by atoms with Crippen LogP contribution in [0.25, 0.3) is 10.8 Å². The average Bonchev–Trinajstić information content (AvgIpc) is 3.22. The van der Waals surface area contributed by atoms with E-state index >= 15 is 0 Å². The first-order valence-corrected chi connectivity index (χ1v) is 10.5. The Hall–Kier alpha value is -1.87. The minimum absolute atomic E-state index is 0.132. The van der Waals surface area contributed by atoms with Gasteiger partial charge in [-0.05, 0) is 25.3 Å². The number of oxazole rings is 1. The van der Waals surface area contributed by atoms with Gasteiger partial charge >= 0.3 is 0 Å². The zero-order valence-electron chi connectivity index (χ0n) is 14.5. The summed E-state index contributed by atoms with van der Waals surface area (Å²) in [7, 11) is -1.38. The Morgan fingerprint density at radius 2 is 2.32 bits per heavy atom. The normalized spacial score (nSPS) is 19.8. The van der Waals surface area contributed by atoms with Gasteiger partial charge in [-0.15, -0.1) is 11.3 Å². The van der Waals surface area contributed by atoms with Gasteiger partial charge in [0.25, 0.3) is 0 Å². The highest BCUT2D eigenvalue weighted by atomic mass is 32.2. The molecule has 1 saturated heterocycles. The van der Waals surface area contributed by atoms with Crippen LogP contribution in [0.15, 0.2) is 33.2 Å². The van der Waals surface area contributed by atoms with Gasteiger partial charge in [-0.2, -0.15) is 0 Å². The Bertz CT molecular complexity index is 854. The van der Waals surface area contributed by atoms with E-state index in [-0.39, 0.29) is 5.75 Å². The van der Waals surface area contributed by atoms with E-state index in [9.17, 15) is 8.42 Å². The maximum Gasteiger partial charge on any atom is 0.236 e. The van der Waals surface area contributed by atoms with Crippen LogP contribution in [0.1, 0.15) is 19.5 Å². The summed E-state index contributed by atoms with van der Waals surface area (Å²) in [5.74, 6) is 1.41. The summed E-state index contributed by atoms with van der Waals surface area (Å²) in [6.07, 6.45) is 1.62. The van der Waals surface area contributed by atoms with E-state index in [4.69, 9.17) is 4.42 Å². The highest BCUT2D eigenvalue weighted by Crippen LogP contribution is 2.25. The van der Waals surface area contributed by atoms with Crippen molar-refractivity contribution >= 4 is 27.1 Å². The van der Waals surface area contributed by atoms with Gasteiger partial charge in [0, 0.05) is 20.1 Å². The molecule has 0 radical (unpaired) electrons. The van der Waals surface area contributed by atoms with Crippen molar-refractivity contribution in [3.8, 4) is 10.8 Å². The highest BCUT2D eigenvalue weighted by molar-refractivity contribution is 7.92. The average molecular weight is 383 g/mol. The van der Waals surface area contributed by atoms with Crippen molar-refractivity contribution in [3.63, 3.8) is 0 Å². The number of hydrogen-bond donors (Lipinski definition) is 1. The first-order valence-electron chi connectivity index (χ1n) is 7.98. The van der Waals surface area contributed by atoms with Crippen LogP contribution in [-0.4, -0.2) is 54.9 Å². The predicted molar refractivity (Wildman–Crippen MR) is 99.5 cm³/mol. The largest absolute Gasteiger partial charge is 0.443 e. The third-order valence-corrected chi connectivity index (χ3v) is 7.66. The van der Waals surface area contributed by atoms with Crippen molar-refractivity contribution in [2.24, 2.45) is 4.99 Å². The summed E-state index contributed by atoms with van der Waals surface area (Å²) >= 11 is 1.58. The molecular weight excluding hydrogens is 360 g/mol. The van der Waals surface area contributed by atoms with Crippen LogP contribution in [0.5, 0.6) is 0 Å². The van der Waals surface area contributed by atoms with Crippen LogP contribution in [-0.2, 0) is 16.4 Å². The number of aliphatic imine (C=N–C) groups is 1. The van der Waals surface area contributed by atoms with E-state index in [1.165, 1.54) is 0 Å². The van der Waals surface area contributed by atoms with E-state index in [0.717, 1.165) is 10.6 Å². The summed E-state index contributed by atoms with van der Waals surface area (Å²) < 4.78 is 29.0. The van der Waals surface area contributed by atoms with Crippen LogP contribution >= 0.6 is 11.3 Å². The fourth-order valence-corrected chi connectivity index (χ4v) is 4.75. The molecule has 136 valence electrons. The quantitative estimate of drug-likeness (QED) is 0.645. The molecule has 1 aliphatic heterocycles. The molecule has 25 heavy (non-hydrogen) atoms. The van der Waals surface area contributed by atoms with E-state index < -0.39 is 14.6 Å². The van der Waals surface area contributed by atoms with Crippen molar-refractivity contribution < 1.29 is 12.8 Å². The standard InChI is InChI=1S/C16H22N4O3S2/c1-16(2)11-20(6-8-25(16,21)22)15(17-3)18-9-12-10-23-14(19-12)13-5-4-7-24-13/h4-5,7,10H,6,8-9,11H2,1-3H3,(H,17,18). The SMILES string of the molecule is CN=C(NCc1coc(-c2cccs2)n1)N1CCS(=O)(=O)C(C)(C)C1. The number of thiophene rings is 1. The smallest absolute Gasteiger partial charge is 0.236 e. The Morgan fingerprint density at radius 3 is 2.96 bits per heavy atom. The molecule has 0 saturated carbocycles. The van der Waals surface area contributed by atoms with Gasteiger partial charge in [-0.1, -0.05) is 6.07 Å². The first-order chi connectivity index (χ1) is 11.8. The van der Waals surface area contributed by atoms with Gasteiger partial charge in [0.15, 0.2) is 15.8 Å². The zero-order valence-corrected chi connectivity index (χ0v) is 16.2. The molecule has 2 aromatic rings. The summed E-state index contributed by atoms with van der Waals surface area (Å²) in [6.45, 7) is 4.82. The van der Waals surface area contributed by atoms with Gasteiger partial charge < -0.3 is 14.6 Å². The molecule has 9 heteroatoms. The number of guanidine groups is 1. The third kappa shape index (κ3) is 3.72. The van der Waals surface area contributed by atoms with Crippen molar-refractivity contribution in [2.45, 2.75) is 25.1 Å². The van der Waals surface area contributed by atoms with Crippen molar-refractivity contribution in [2.75, 3.05) is 25.9 Å². The van der Waals surface area contributed by atoms with E-state index in [0.29, 0.717) is 31.5 Å². The zero-order chi connectivity index (χ0) is 18.1. The second kappa shape index (κ2) is 6.80. The molecule has 2 aromatic heterocycles. The number of sulfone groups is 1. The van der Waals surface area contributed by atoms with E-state index in [1.54, 1.807) is 38.5 Å². The fourth-order valence-electron chi connectivity index (χ4n) is 2.73. The molecule has 0 aromatic carbocycles. The second-order valence-electron chi connectivity index (χ2n) is 6.52. The number of aromatic nitrogens is 1. The van der Waals surface area contributed by atoms with Crippen LogP contribution < -0.4 is 5.32 Å². The highest BCUT2D eigenvalue weighted by Gasteiger charge is 2.40. The summed E-state index contributed by atoms with van der Waals surface area (Å²) in [4.78, 5) is 11.7. The minimum atomic E-state index is -3.08. The lowest BCUT2D eigenvalue weighted by molar-refractivity contribution is 0.353. The molecular formula is C16H22N4O3S2. The number of rotatable bonds is 3. The Morgan fingerprint density at radius 1 is 1.52 bits per heavy atom. The lowest BCUT2D eigenvalue weighted by Crippen LogP contribution is -2.57. The minimum Gasteiger partial charge on any atom is -0.443 e. The summed E-state index contributed by atoms with van der Waals surface area (Å²) in [5.41, 5.74) is 0.772. The van der Waals surface area contributed by atoms with Crippen molar-refractivity contribution in [1.29, 1.82) is 0 Å². The Kier molecular flexibility index (Phi) is 4.88. The first kappa shape index (κ1) is 17.9. The molecule has 7 nitrogen and oxygen atoms in total. The molecule has 0 spiro atoms. The Balaban J connectivity index is 1.64. The molecule has 0 unspecified atom stereocenters. The lowest BCUT2D eigenvalue weighted by atomic mass is 10.2. The monoisotopic (exact) mass is 382 g/mol. The maximum atomic E-state index is 12.1. The van der Waals surface area contributed by atoms with Gasteiger partial charge in [0.1, 0.15) is 6.26 Å². The lowest BCUT2D eigenvalue weighted by Gasteiger charge is -2.39. The molecule has 0 bridgehead atoms. The molecule has 0 amide bonds. The molecule has 3 heterocycles. The number of hydrogen-bond acceptors (Lipinski definition) is 6.